The molecule has 5 nitrogen and oxygen atoms in total. The molecule has 2 aliphatic carbocycles. The van der Waals surface area contributed by atoms with Crippen LogP contribution in [0.15, 0.2) is 22.7 Å². The second-order valence-corrected chi connectivity index (χ2v) is 8.16. The zero-order chi connectivity index (χ0) is 15.6. The molecule has 122 valence electrons. The standard InChI is InChI=1S/C16H20N4OS2/c21-14(17-9-11-3-1-4-11)10-23-16-19-18-15(13-5-2-8-22-13)20(16)12-6-7-12/h2,5,8,11-12H,1,3-4,6-7,9-10H2,(H,17,21). The smallest absolute Gasteiger partial charge is 0.230 e. The number of aromatic nitrogens is 3. The van der Waals surface area contributed by atoms with Gasteiger partial charge in [-0.1, -0.05) is 24.2 Å². The van der Waals surface area contributed by atoms with Crippen LogP contribution in [0.2, 0.25) is 0 Å². The van der Waals surface area contributed by atoms with Crippen molar-refractivity contribution in [1.82, 2.24) is 20.1 Å². The number of nitrogens with one attached hydrogen (secondary N) is 1. The highest BCUT2D eigenvalue weighted by Crippen LogP contribution is 2.41. The molecule has 0 spiro atoms. The third-order valence-electron chi connectivity index (χ3n) is 4.46. The van der Waals surface area contributed by atoms with Crippen LogP contribution in [0.5, 0.6) is 0 Å². The van der Waals surface area contributed by atoms with Crippen LogP contribution in [0.1, 0.15) is 38.1 Å². The summed E-state index contributed by atoms with van der Waals surface area (Å²) >= 11 is 3.18. The number of nitrogens with zero attached hydrogens (tertiary/aromatic N) is 3. The van der Waals surface area contributed by atoms with Crippen molar-refractivity contribution in [2.75, 3.05) is 12.3 Å². The number of amides is 1. The van der Waals surface area contributed by atoms with Crippen molar-refractivity contribution in [2.45, 2.75) is 43.3 Å². The van der Waals surface area contributed by atoms with E-state index in [9.17, 15) is 4.79 Å². The van der Waals surface area contributed by atoms with Crippen LogP contribution in [-0.4, -0.2) is 33.0 Å². The Morgan fingerprint density at radius 3 is 2.87 bits per heavy atom. The number of thioether (sulfide) groups is 1. The van der Waals surface area contributed by atoms with Crippen LogP contribution in [0.3, 0.4) is 0 Å². The third kappa shape index (κ3) is 3.45. The lowest BCUT2D eigenvalue weighted by atomic mass is 9.85. The average Bonchev–Trinajstić information content (AvgIpc) is 3.03. The van der Waals surface area contributed by atoms with Gasteiger partial charge in [-0.25, -0.2) is 0 Å². The van der Waals surface area contributed by atoms with Crippen LogP contribution >= 0.6 is 23.1 Å². The molecule has 4 rings (SSSR count). The van der Waals surface area contributed by atoms with Gasteiger partial charge in [-0.15, -0.1) is 21.5 Å². The van der Waals surface area contributed by atoms with Crippen LogP contribution in [0.25, 0.3) is 10.7 Å². The van der Waals surface area contributed by atoms with Gasteiger partial charge < -0.3 is 5.32 Å². The first kappa shape index (κ1) is 15.2. The summed E-state index contributed by atoms with van der Waals surface area (Å²) in [4.78, 5) is 13.1. The molecule has 23 heavy (non-hydrogen) atoms. The van der Waals surface area contributed by atoms with Gasteiger partial charge in [-0.3, -0.25) is 9.36 Å². The Bertz CT molecular complexity index is 674. The molecule has 0 aliphatic heterocycles. The zero-order valence-electron chi connectivity index (χ0n) is 12.9. The molecule has 0 unspecified atom stereocenters. The van der Waals surface area contributed by atoms with Crippen molar-refractivity contribution in [3.8, 4) is 10.7 Å². The molecule has 2 aromatic rings. The molecule has 0 aromatic carbocycles. The lowest BCUT2D eigenvalue weighted by Gasteiger charge is -2.25. The van der Waals surface area contributed by atoms with E-state index in [0.717, 1.165) is 22.4 Å². The first-order valence-corrected chi connectivity index (χ1v) is 10.1. The van der Waals surface area contributed by atoms with E-state index in [1.807, 2.05) is 6.07 Å². The highest BCUT2D eigenvalue weighted by molar-refractivity contribution is 7.99. The van der Waals surface area contributed by atoms with Gasteiger partial charge in [0.15, 0.2) is 11.0 Å². The van der Waals surface area contributed by atoms with E-state index in [2.05, 4.69) is 31.5 Å². The van der Waals surface area contributed by atoms with Gasteiger partial charge >= 0.3 is 0 Å². The number of hydrogen-bond acceptors (Lipinski definition) is 5. The average molecular weight is 348 g/mol. The first-order chi connectivity index (χ1) is 11.3. The molecule has 0 bridgehead atoms. The minimum atomic E-state index is 0.102. The highest BCUT2D eigenvalue weighted by Gasteiger charge is 2.30. The Hall–Kier alpha value is -1.34. The number of thiophene rings is 1. The Kier molecular flexibility index (Phi) is 4.39. The highest BCUT2D eigenvalue weighted by atomic mass is 32.2. The predicted octanol–water partition coefficient (Wildman–Crippen LogP) is 3.35. The quantitative estimate of drug-likeness (QED) is 0.780. The van der Waals surface area contributed by atoms with Crippen molar-refractivity contribution in [1.29, 1.82) is 0 Å². The number of rotatable bonds is 7. The fourth-order valence-corrected chi connectivity index (χ4v) is 4.29. The maximum absolute atomic E-state index is 12.0. The van der Waals surface area contributed by atoms with Gasteiger partial charge in [0.25, 0.3) is 0 Å². The minimum Gasteiger partial charge on any atom is -0.355 e. The largest absolute Gasteiger partial charge is 0.355 e. The molecule has 2 heterocycles. The minimum absolute atomic E-state index is 0.102. The van der Waals surface area contributed by atoms with Crippen molar-refractivity contribution < 1.29 is 4.79 Å². The molecule has 0 saturated heterocycles. The van der Waals surface area contributed by atoms with Gasteiger partial charge in [0.05, 0.1) is 10.6 Å². The third-order valence-corrected chi connectivity index (χ3v) is 6.27. The molecule has 2 saturated carbocycles. The Balaban J connectivity index is 1.39. The van der Waals surface area contributed by atoms with E-state index in [0.29, 0.717) is 17.7 Å². The van der Waals surface area contributed by atoms with E-state index >= 15 is 0 Å². The molecule has 2 fully saturated rings. The molecule has 2 aliphatic rings. The Labute approximate surface area is 143 Å². The van der Waals surface area contributed by atoms with E-state index in [1.165, 1.54) is 43.9 Å². The van der Waals surface area contributed by atoms with Gasteiger partial charge in [0, 0.05) is 12.6 Å². The van der Waals surface area contributed by atoms with Crippen LogP contribution in [0.4, 0.5) is 0 Å². The van der Waals surface area contributed by atoms with Gasteiger partial charge in [-0.05, 0) is 43.0 Å². The maximum Gasteiger partial charge on any atom is 0.230 e. The maximum atomic E-state index is 12.0. The second kappa shape index (κ2) is 6.65. The molecule has 2 aromatic heterocycles. The molecule has 1 amide bonds. The van der Waals surface area contributed by atoms with Crippen LogP contribution < -0.4 is 5.32 Å². The lowest BCUT2D eigenvalue weighted by Crippen LogP contribution is -2.33. The van der Waals surface area contributed by atoms with Gasteiger partial charge in [0.1, 0.15) is 0 Å². The lowest BCUT2D eigenvalue weighted by molar-refractivity contribution is -0.118. The van der Waals surface area contributed by atoms with Crippen LogP contribution in [-0.2, 0) is 4.79 Å². The van der Waals surface area contributed by atoms with Crippen molar-refractivity contribution >= 4 is 29.0 Å². The second-order valence-electron chi connectivity index (χ2n) is 6.27. The fraction of sp³-hybridized carbons (Fsp3) is 0.562. The summed E-state index contributed by atoms with van der Waals surface area (Å²) in [6.45, 7) is 0.829. The summed E-state index contributed by atoms with van der Waals surface area (Å²) < 4.78 is 2.22. The van der Waals surface area contributed by atoms with Crippen molar-refractivity contribution in [2.24, 2.45) is 5.92 Å². The van der Waals surface area contributed by atoms with Crippen LogP contribution in [0, 0.1) is 5.92 Å². The Morgan fingerprint density at radius 2 is 2.22 bits per heavy atom. The molecular weight excluding hydrogens is 328 g/mol. The summed E-state index contributed by atoms with van der Waals surface area (Å²) in [7, 11) is 0. The topological polar surface area (TPSA) is 59.8 Å². The van der Waals surface area contributed by atoms with Gasteiger partial charge in [0.2, 0.25) is 5.91 Å². The van der Waals surface area contributed by atoms with Crippen molar-refractivity contribution in [3.05, 3.63) is 17.5 Å². The molecule has 0 radical (unpaired) electrons. The van der Waals surface area contributed by atoms with E-state index in [4.69, 9.17) is 0 Å². The van der Waals surface area contributed by atoms with Crippen molar-refractivity contribution in [3.63, 3.8) is 0 Å². The zero-order valence-corrected chi connectivity index (χ0v) is 14.5. The molecule has 7 heteroatoms. The number of carbonyl (C=O) groups excluding carboxylic acids is 1. The predicted molar refractivity (Wildman–Crippen MR) is 92.7 cm³/mol. The summed E-state index contributed by atoms with van der Waals surface area (Å²) in [6, 6.07) is 4.61. The molecule has 1 N–H and O–H groups in total. The van der Waals surface area contributed by atoms with E-state index < -0.39 is 0 Å². The molecule has 0 atom stereocenters. The summed E-state index contributed by atoms with van der Waals surface area (Å²) in [5.41, 5.74) is 0. The summed E-state index contributed by atoms with van der Waals surface area (Å²) in [5.74, 6) is 2.16. The van der Waals surface area contributed by atoms with Gasteiger partial charge in [-0.2, -0.15) is 0 Å². The first-order valence-electron chi connectivity index (χ1n) is 8.19. The number of carbonyl (C=O) groups is 1. The Morgan fingerprint density at radius 1 is 1.35 bits per heavy atom. The fourth-order valence-electron chi connectivity index (χ4n) is 2.75. The SMILES string of the molecule is O=C(CSc1nnc(-c2cccs2)n1C1CC1)NCC1CCC1. The van der Waals surface area contributed by atoms with E-state index in [-0.39, 0.29) is 5.91 Å². The van der Waals surface area contributed by atoms with E-state index in [1.54, 1.807) is 11.3 Å². The molecular formula is C16H20N4OS2. The monoisotopic (exact) mass is 348 g/mol. The number of hydrogen-bond donors (Lipinski definition) is 1. The summed E-state index contributed by atoms with van der Waals surface area (Å²) in [5, 5.41) is 14.7. The normalized spacial score (nSPS) is 17.9. The summed E-state index contributed by atoms with van der Waals surface area (Å²) in [6.07, 6.45) is 6.18.